The Morgan fingerprint density at radius 3 is 2.74 bits per heavy atom. The van der Waals surface area contributed by atoms with Gasteiger partial charge in [0.1, 0.15) is 11.5 Å². The monoisotopic (exact) mass is 385 g/mol. The molecule has 0 bridgehead atoms. The van der Waals surface area contributed by atoms with Crippen LogP contribution in [0.25, 0.3) is 0 Å². The first-order valence-electron chi connectivity index (χ1n) is 8.57. The highest BCUT2D eigenvalue weighted by molar-refractivity contribution is 5.92. The highest BCUT2D eigenvalue weighted by Crippen LogP contribution is 2.28. The molecule has 0 spiro atoms. The van der Waals surface area contributed by atoms with Gasteiger partial charge in [-0.15, -0.1) is 0 Å². The predicted octanol–water partition coefficient (Wildman–Crippen LogP) is 3.64. The van der Waals surface area contributed by atoms with Crippen molar-refractivity contribution in [3.8, 4) is 0 Å². The molecule has 146 valence electrons. The molecule has 9 heteroatoms. The third-order valence-corrected chi connectivity index (χ3v) is 4.54. The molecule has 1 atom stereocenters. The molecule has 1 saturated heterocycles. The summed E-state index contributed by atoms with van der Waals surface area (Å²) >= 11 is 0. The molecule has 1 aliphatic rings. The minimum absolute atomic E-state index is 0.0422. The molecule has 1 amide bonds. The van der Waals surface area contributed by atoms with Crippen LogP contribution in [0, 0.1) is 11.7 Å². The second-order valence-electron chi connectivity index (χ2n) is 6.50. The summed E-state index contributed by atoms with van der Waals surface area (Å²) < 4.78 is 57.5. The Kier molecular flexibility index (Phi) is 5.79. The average Bonchev–Trinajstić information content (AvgIpc) is 3.30. The van der Waals surface area contributed by atoms with Gasteiger partial charge >= 0.3 is 6.18 Å². The molecular formula is C18H19F4N3O2. The molecule has 1 unspecified atom stereocenters. The number of rotatable bonds is 6. The molecule has 2 aromatic rings. The van der Waals surface area contributed by atoms with Crippen molar-refractivity contribution in [2.24, 2.45) is 5.92 Å². The zero-order valence-corrected chi connectivity index (χ0v) is 14.4. The Bertz CT molecular complexity index is 785. The standard InChI is InChI=1S/C18H19F4N3O2/c19-14-4-2-1-3-13(14)10-25(7-5-12-6-8-27-11-12)17(26)15-9-16(24-23-15)18(20,21)22/h1-4,9,12H,5-8,10-11H2,(H,23,24). The fraction of sp³-hybridized carbons (Fsp3) is 0.444. The molecule has 0 aliphatic carbocycles. The van der Waals surface area contributed by atoms with E-state index < -0.39 is 23.6 Å². The second kappa shape index (κ2) is 8.08. The van der Waals surface area contributed by atoms with Crippen molar-refractivity contribution in [3.63, 3.8) is 0 Å². The van der Waals surface area contributed by atoms with Crippen molar-refractivity contribution in [1.82, 2.24) is 15.1 Å². The van der Waals surface area contributed by atoms with E-state index in [9.17, 15) is 22.4 Å². The number of aromatic nitrogens is 2. The van der Waals surface area contributed by atoms with Gasteiger partial charge in [0, 0.05) is 37.9 Å². The molecule has 1 aromatic heterocycles. The van der Waals surface area contributed by atoms with Crippen LogP contribution in [0.2, 0.25) is 0 Å². The summed E-state index contributed by atoms with van der Waals surface area (Å²) in [5, 5.41) is 5.30. The maximum absolute atomic E-state index is 14.0. The highest BCUT2D eigenvalue weighted by Gasteiger charge is 2.35. The van der Waals surface area contributed by atoms with Gasteiger partial charge in [0.2, 0.25) is 0 Å². The smallest absolute Gasteiger partial charge is 0.381 e. The Labute approximate surface area is 153 Å². The van der Waals surface area contributed by atoms with Gasteiger partial charge in [0.25, 0.3) is 5.91 Å². The van der Waals surface area contributed by atoms with Crippen LogP contribution in [-0.4, -0.2) is 40.8 Å². The number of halogens is 4. The van der Waals surface area contributed by atoms with Gasteiger partial charge < -0.3 is 9.64 Å². The van der Waals surface area contributed by atoms with Crippen LogP contribution >= 0.6 is 0 Å². The number of carbonyl (C=O) groups excluding carboxylic acids is 1. The predicted molar refractivity (Wildman–Crippen MR) is 88.3 cm³/mol. The van der Waals surface area contributed by atoms with E-state index in [2.05, 4.69) is 10.2 Å². The van der Waals surface area contributed by atoms with Crippen LogP contribution < -0.4 is 0 Å². The number of alkyl halides is 3. The fourth-order valence-electron chi connectivity index (χ4n) is 2.98. The number of aromatic amines is 1. The molecular weight excluding hydrogens is 366 g/mol. The van der Waals surface area contributed by atoms with Crippen molar-refractivity contribution in [3.05, 3.63) is 53.1 Å². The number of ether oxygens (including phenoxy) is 1. The zero-order chi connectivity index (χ0) is 19.4. The number of H-pyrrole nitrogens is 1. The van der Waals surface area contributed by atoms with Crippen LogP contribution in [0.15, 0.2) is 30.3 Å². The molecule has 3 rings (SSSR count). The van der Waals surface area contributed by atoms with Gasteiger partial charge in [0.05, 0.1) is 0 Å². The van der Waals surface area contributed by atoms with E-state index >= 15 is 0 Å². The number of amides is 1. The zero-order valence-electron chi connectivity index (χ0n) is 14.4. The molecule has 0 radical (unpaired) electrons. The van der Waals surface area contributed by atoms with Gasteiger partial charge in [-0.2, -0.15) is 18.3 Å². The van der Waals surface area contributed by atoms with Crippen LogP contribution in [0.3, 0.4) is 0 Å². The first-order chi connectivity index (χ1) is 12.8. The number of hydrogen-bond acceptors (Lipinski definition) is 3. The van der Waals surface area contributed by atoms with Crippen LogP contribution in [0.4, 0.5) is 17.6 Å². The van der Waals surface area contributed by atoms with Crippen molar-refractivity contribution in [2.75, 3.05) is 19.8 Å². The summed E-state index contributed by atoms with van der Waals surface area (Å²) in [6.45, 7) is 1.48. The lowest BCUT2D eigenvalue weighted by atomic mass is 10.0. The lowest BCUT2D eigenvalue weighted by molar-refractivity contribution is -0.141. The Morgan fingerprint density at radius 2 is 2.11 bits per heavy atom. The van der Waals surface area contributed by atoms with Crippen molar-refractivity contribution in [2.45, 2.75) is 25.6 Å². The van der Waals surface area contributed by atoms with Gasteiger partial charge in [0.15, 0.2) is 5.69 Å². The Balaban J connectivity index is 1.78. The molecule has 0 saturated carbocycles. The van der Waals surface area contributed by atoms with Crippen molar-refractivity contribution in [1.29, 1.82) is 0 Å². The number of nitrogens with one attached hydrogen (secondary N) is 1. The molecule has 1 aromatic carbocycles. The van der Waals surface area contributed by atoms with Gasteiger partial charge in [-0.05, 0) is 24.8 Å². The Hall–Kier alpha value is -2.42. The summed E-state index contributed by atoms with van der Waals surface area (Å²) in [5.74, 6) is -0.853. The van der Waals surface area contributed by atoms with E-state index in [0.29, 0.717) is 31.3 Å². The van der Waals surface area contributed by atoms with E-state index in [4.69, 9.17) is 4.74 Å². The first-order valence-corrected chi connectivity index (χ1v) is 8.57. The Morgan fingerprint density at radius 1 is 1.33 bits per heavy atom. The quantitative estimate of drug-likeness (QED) is 0.773. The van der Waals surface area contributed by atoms with E-state index in [0.717, 1.165) is 6.42 Å². The highest BCUT2D eigenvalue weighted by atomic mass is 19.4. The van der Waals surface area contributed by atoms with E-state index in [1.165, 1.54) is 17.0 Å². The average molecular weight is 385 g/mol. The molecule has 2 heterocycles. The third kappa shape index (κ3) is 4.85. The number of benzene rings is 1. The van der Waals surface area contributed by atoms with Gasteiger partial charge in [-0.3, -0.25) is 9.89 Å². The molecule has 1 N–H and O–H groups in total. The maximum atomic E-state index is 14.0. The minimum atomic E-state index is -4.65. The first kappa shape index (κ1) is 19.3. The number of hydrogen-bond donors (Lipinski definition) is 1. The third-order valence-electron chi connectivity index (χ3n) is 4.54. The molecule has 5 nitrogen and oxygen atoms in total. The van der Waals surface area contributed by atoms with E-state index in [1.54, 1.807) is 12.1 Å². The molecule has 27 heavy (non-hydrogen) atoms. The normalized spacial score (nSPS) is 17.3. The van der Waals surface area contributed by atoms with Gasteiger partial charge in [-0.25, -0.2) is 4.39 Å². The second-order valence-corrected chi connectivity index (χ2v) is 6.50. The minimum Gasteiger partial charge on any atom is -0.381 e. The summed E-state index contributed by atoms with van der Waals surface area (Å²) in [5.41, 5.74) is -1.15. The van der Waals surface area contributed by atoms with Gasteiger partial charge in [-0.1, -0.05) is 18.2 Å². The van der Waals surface area contributed by atoms with Crippen LogP contribution in [0.1, 0.15) is 34.6 Å². The number of carbonyl (C=O) groups is 1. The molecule has 1 fully saturated rings. The molecule has 1 aliphatic heterocycles. The number of nitrogens with zero attached hydrogens (tertiary/aromatic N) is 2. The van der Waals surface area contributed by atoms with Crippen molar-refractivity contribution >= 4 is 5.91 Å². The van der Waals surface area contributed by atoms with Crippen molar-refractivity contribution < 1.29 is 27.1 Å². The lowest BCUT2D eigenvalue weighted by Gasteiger charge is -2.23. The van der Waals surface area contributed by atoms with Crippen LogP contribution in [-0.2, 0) is 17.5 Å². The maximum Gasteiger partial charge on any atom is 0.435 e. The summed E-state index contributed by atoms with van der Waals surface area (Å²) in [7, 11) is 0. The topological polar surface area (TPSA) is 58.2 Å². The lowest BCUT2D eigenvalue weighted by Crippen LogP contribution is -2.33. The summed E-state index contributed by atoms with van der Waals surface area (Å²) in [6.07, 6.45) is -3.16. The van der Waals surface area contributed by atoms with E-state index in [1.807, 2.05) is 0 Å². The largest absolute Gasteiger partial charge is 0.435 e. The SMILES string of the molecule is O=C(c1cc(C(F)(F)F)n[nH]1)N(CCC1CCOC1)Cc1ccccc1F. The fourth-order valence-corrected chi connectivity index (χ4v) is 2.98. The summed E-state index contributed by atoms with van der Waals surface area (Å²) in [6, 6.07) is 6.67. The summed E-state index contributed by atoms with van der Waals surface area (Å²) in [4.78, 5) is 14.1. The van der Waals surface area contributed by atoms with E-state index in [-0.39, 0.29) is 24.7 Å². The van der Waals surface area contributed by atoms with Crippen LogP contribution in [0.5, 0.6) is 0 Å².